The number of morpholine rings is 1. The van der Waals surface area contributed by atoms with Gasteiger partial charge in [-0.1, -0.05) is 75.7 Å². The average Bonchev–Trinajstić information content (AvgIpc) is 2.99. The number of piperazine rings is 1. The number of nitrogens with one attached hydrogen (secondary N) is 6. The molecule has 0 aromatic rings. The van der Waals surface area contributed by atoms with Gasteiger partial charge >= 0.3 is 0 Å². The molecule has 7 nitrogen and oxygen atoms in total. The van der Waals surface area contributed by atoms with Gasteiger partial charge in [-0.15, -0.1) is 0 Å². The van der Waals surface area contributed by atoms with Crippen LogP contribution in [0.1, 0.15) is 101 Å². The van der Waals surface area contributed by atoms with Crippen LogP contribution in [0.5, 0.6) is 0 Å². The molecule has 5 rings (SSSR count). The molecule has 0 bridgehead atoms. The first-order valence-electron chi connectivity index (χ1n) is 18.4. The van der Waals surface area contributed by atoms with Gasteiger partial charge in [0, 0.05) is 44.8 Å². The largest absolute Gasteiger partial charge is 0.375 e. The minimum Gasteiger partial charge on any atom is -0.375 e. The van der Waals surface area contributed by atoms with Gasteiger partial charge in [0.15, 0.2) is 0 Å². The van der Waals surface area contributed by atoms with E-state index in [0.717, 1.165) is 80.9 Å². The molecule has 5 fully saturated rings. The molecule has 7 heteroatoms. The predicted molar refractivity (Wildman–Crippen MR) is 189 cm³/mol. The smallest absolute Gasteiger partial charge is 0.0722 e. The Kier molecular flexibility index (Phi) is 23.6. The van der Waals surface area contributed by atoms with Crippen LogP contribution in [0.3, 0.4) is 0 Å². The van der Waals surface area contributed by atoms with Crippen LogP contribution in [0.15, 0.2) is 0 Å². The number of hydrogen-bond donors (Lipinski definition) is 6. The third-order valence-electron chi connectivity index (χ3n) is 9.81. The highest BCUT2D eigenvalue weighted by molar-refractivity contribution is 4.78. The first-order valence-corrected chi connectivity index (χ1v) is 18.4. The highest BCUT2D eigenvalue weighted by Gasteiger charge is 2.19. The summed E-state index contributed by atoms with van der Waals surface area (Å²) >= 11 is 0. The summed E-state index contributed by atoms with van der Waals surface area (Å²) in [5.74, 6) is 5.99. The van der Waals surface area contributed by atoms with Gasteiger partial charge in [0.05, 0.1) is 12.7 Å². The topological polar surface area (TPSA) is 81.4 Å². The summed E-state index contributed by atoms with van der Waals surface area (Å²) in [7, 11) is 0. The number of ether oxygens (including phenoxy) is 1. The molecule has 3 unspecified atom stereocenters. The number of hydrogen-bond acceptors (Lipinski definition) is 7. The normalized spacial score (nSPS) is 26.7. The second kappa shape index (κ2) is 24.9. The molecule has 6 N–H and O–H groups in total. The second-order valence-corrected chi connectivity index (χ2v) is 15.2. The predicted octanol–water partition coefficient (Wildman–Crippen LogP) is 5.12. The second-order valence-electron chi connectivity index (χ2n) is 15.2. The lowest BCUT2D eigenvalue weighted by Crippen LogP contribution is -2.50. The molecule has 0 aromatic carbocycles. The zero-order chi connectivity index (χ0) is 32.0. The minimum atomic E-state index is 0.443. The molecule has 43 heavy (non-hydrogen) atoms. The van der Waals surface area contributed by atoms with Gasteiger partial charge in [-0.3, -0.25) is 0 Å². The van der Waals surface area contributed by atoms with Crippen molar-refractivity contribution in [2.75, 3.05) is 72.1 Å². The van der Waals surface area contributed by atoms with E-state index in [9.17, 15) is 0 Å². The third-order valence-corrected chi connectivity index (χ3v) is 9.81. The van der Waals surface area contributed by atoms with E-state index in [1.54, 1.807) is 0 Å². The maximum atomic E-state index is 5.48. The quantitative estimate of drug-likeness (QED) is 0.258. The van der Waals surface area contributed by atoms with E-state index in [2.05, 4.69) is 101 Å². The van der Waals surface area contributed by atoms with Crippen LogP contribution >= 0.6 is 0 Å². The average molecular weight is 611 g/mol. The molecular formula is C36H78N6O. The highest BCUT2D eigenvalue weighted by Crippen LogP contribution is 2.20. The lowest BCUT2D eigenvalue weighted by atomic mass is 9.87. The van der Waals surface area contributed by atoms with Gasteiger partial charge in [-0.2, -0.15) is 0 Å². The molecule has 5 saturated heterocycles. The molecule has 0 aromatic heterocycles. The van der Waals surface area contributed by atoms with Crippen molar-refractivity contribution < 1.29 is 4.74 Å². The van der Waals surface area contributed by atoms with Gasteiger partial charge < -0.3 is 36.6 Å². The van der Waals surface area contributed by atoms with Crippen molar-refractivity contribution in [2.24, 2.45) is 41.4 Å². The van der Waals surface area contributed by atoms with Gasteiger partial charge in [0.25, 0.3) is 0 Å². The lowest BCUT2D eigenvalue weighted by molar-refractivity contribution is 0.000507. The zero-order valence-electron chi connectivity index (χ0n) is 30.5. The fourth-order valence-corrected chi connectivity index (χ4v) is 5.90. The van der Waals surface area contributed by atoms with E-state index >= 15 is 0 Å². The Balaban J connectivity index is 0.000000269. The summed E-state index contributed by atoms with van der Waals surface area (Å²) < 4.78 is 5.48. The van der Waals surface area contributed by atoms with Crippen molar-refractivity contribution in [3.05, 3.63) is 0 Å². The Morgan fingerprint density at radius 2 is 1.05 bits per heavy atom. The van der Waals surface area contributed by atoms with Crippen LogP contribution in [0.4, 0.5) is 0 Å². The molecule has 0 spiro atoms. The summed E-state index contributed by atoms with van der Waals surface area (Å²) in [6.07, 6.45) is 7.41. The van der Waals surface area contributed by atoms with E-state index < -0.39 is 0 Å². The number of piperidine rings is 2. The van der Waals surface area contributed by atoms with Crippen molar-refractivity contribution in [3.8, 4) is 0 Å². The fraction of sp³-hybridized carbons (Fsp3) is 1.00. The van der Waals surface area contributed by atoms with Crippen molar-refractivity contribution in [1.82, 2.24) is 31.9 Å². The molecular weight excluding hydrogens is 532 g/mol. The lowest BCUT2D eigenvalue weighted by Gasteiger charge is -2.30. The maximum absolute atomic E-state index is 5.48. The van der Waals surface area contributed by atoms with Crippen LogP contribution < -0.4 is 31.9 Å². The Hall–Kier alpha value is -0.280. The Labute approximate surface area is 269 Å². The summed E-state index contributed by atoms with van der Waals surface area (Å²) in [5, 5.41) is 20.2. The van der Waals surface area contributed by atoms with Crippen LogP contribution in [0.2, 0.25) is 0 Å². The van der Waals surface area contributed by atoms with E-state index in [1.165, 1.54) is 64.8 Å². The van der Waals surface area contributed by atoms with Crippen LogP contribution in [-0.4, -0.2) is 90.2 Å². The van der Waals surface area contributed by atoms with Crippen molar-refractivity contribution in [1.29, 1.82) is 0 Å². The van der Waals surface area contributed by atoms with E-state index in [1.807, 2.05) is 0 Å². The van der Waals surface area contributed by atoms with Crippen molar-refractivity contribution in [2.45, 2.75) is 120 Å². The maximum Gasteiger partial charge on any atom is 0.0722 e. The van der Waals surface area contributed by atoms with Crippen LogP contribution in [0.25, 0.3) is 0 Å². The summed E-state index contributed by atoms with van der Waals surface area (Å²) in [4.78, 5) is 0. The first-order chi connectivity index (χ1) is 20.5. The molecule has 258 valence electrons. The van der Waals surface area contributed by atoms with Gasteiger partial charge in [0.2, 0.25) is 0 Å². The Bertz CT molecular complexity index is 513. The third kappa shape index (κ3) is 19.8. The summed E-state index contributed by atoms with van der Waals surface area (Å²) in [6, 6.07) is 1.50. The summed E-state index contributed by atoms with van der Waals surface area (Å²) in [5.41, 5.74) is 0. The monoisotopic (exact) mass is 611 g/mol. The van der Waals surface area contributed by atoms with Gasteiger partial charge in [0.1, 0.15) is 0 Å². The van der Waals surface area contributed by atoms with Crippen LogP contribution in [-0.2, 0) is 4.74 Å². The van der Waals surface area contributed by atoms with Crippen LogP contribution in [0, 0.1) is 41.4 Å². The van der Waals surface area contributed by atoms with Crippen molar-refractivity contribution >= 4 is 0 Å². The molecule has 0 saturated carbocycles. The van der Waals surface area contributed by atoms with Crippen molar-refractivity contribution in [3.63, 3.8) is 0 Å². The molecule has 5 aliphatic heterocycles. The molecule has 0 aliphatic carbocycles. The van der Waals surface area contributed by atoms with E-state index in [0.29, 0.717) is 18.1 Å². The molecule has 5 heterocycles. The van der Waals surface area contributed by atoms with Gasteiger partial charge in [-0.05, 0) is 99.8 Å². The van der Waals surface area contributed by atoms with E-state index in [-0.39, 0.29) is 0 Å². The highest BCUT2D eigenvalue weighted by atomic mass is 16.5. The SMILES string of the molecule is CC(C)C1CCCCN1.CC(C)C1CCNCC1.CC(C)C1CNC1.CC(C)C1CNCCN1.CC(C)C1CNCCO1. The zero-order valence-corrected chi connectivity index (χ0v) is 30.5. The summed E-state index contributed by atoms with van der Waals surface area (Å²) in [6.45, 7) is 35.2. The first kappa shape index (κ1) is 40.7. The number of rotatable bonds is 5. The molecule has 0 amide bonds. The molecule has 5 aliphatic rings. The van der Waals surface area contributed by atoms with E-state index in [4.69, 9.17) is 4.74 Å². The fourth-order valence-electron chi connectivity index (χ4n) is 5.90. The standard InChI is InChI=1S/2C8H17N.C7H16N2.C7H15NO.C6H13N/c1-7(2)8-3-5-9-6-4-8;1-7(2)8-5-3-4-6-9-8;2*1-6(2)7-5-8-3-4-9-7;1-5(2)6-3-7-4-6/h2*7-9H,3-6H2,1-2H3;6-9H,3-5H2,1-2H3;6-8H,3-5H2,1-2H3;5-7H,3-4H2,1-2H3. The van der Waals surface area contributed by atoms with Gasteiger partial charge in [-0.25, -0.2) is 0 Å². The molecule has 3 atom stereocenters. The minimum absolute atomic E-state index is 0.443. The Morgan fingerprint density at radius 1 is 0.442 bits per heavy atom. The molecule has 0 radical (unpaired) electrons. The Morgan fingerprint density at radius 3 is 1.33 bits per heavy atom.